The summed E-state index contributed by atoms with van der Waals surface area (Å²) in [6.07, 6.45) is 1.60. The van der Waals surface area contributed by atoms with Crippen molar-refractivity contribution < 1.29 is 18.3 Å². The van der Waals surface area contributed by atoms with Crippen LogP contribution in [0.2, 0.25) is 0 Å². The molecule has 0 aliphatic carbocycles. The minimum absolute atomic E-state index is 0.0626. The number of alkyl halides is 2. The van der Waals surface area contributed by atoms with E-state index in [4.69, 9.17) is 0 Å². The number of hydrazone groups is 1. The van der Waals surface area contributed by atoms with Crippen molar-refractivity contribution >= 4 is 22.7 Å². The summed E-state index contributed by atoms with van der Waals surface area (Å²) in [7, 11) is 0. The molecule has 3 rings (SSSR count). The second-order valence-corrected chi connectivity index (χ2v) is 5.50. The Morgan fingerprint density at radius 1 is 1.23 bits per heavy atom. The van der Waals surface area contributed by atoms with E-state index in [0.717, 1.165) is 11.0 Å². The van der Waals surface area contributed by atoms with E-state index >= 15 is 0 Å². The molecule has 0 saturated heterocycles. The van der Waals surface area contributed by atoms with Crippen molar-refractivity contribution in [3.05, 3.63) is 60.4 Å². The lowest BCUT2D eigenvalue weighted by Gasteiger charge is -2.06. The summed E-state index contributed by atoms with van der Waals surface area (Å²) in [5.74, 6) is -0.238. The number of ether oxygens (including phenoxy) is 1. The number of rotatable bonds is 6. The molecule has 6 nitrogen and oxygen atoms in total. The number of halogens is 2. The van der Waals surface area contributed by atoms with Gasteiger partial charge in [0.25, 0.3) is 5.91 Å². The smallest absolute Gasteiger partial charge is 0.387 e. The van der Waals surface area contributed by atoms with Crippen LogP contribution in [0, 0.1) is 0 Å². The molecule has 134 valence electrons. The molecule has 1 aromatic heterocycles. The van der Waals surface area contributed by atoms with Gasteiger partial charge in [0.2, 0.25) is 0 Å². The van der Waals surface area contributed by atoms with Gasteiger partial charge in [-0.05, 0) is 48.9 Å². The number of amides is 1. The Morgan fingerprint density at radius 3 is 2.69 bits per heavy atom. The summed E-state index contributed by atoms with van der Waals surface area (Å²) in [6.45, 7) is -1.08. The minimum atomic E-state index is -2.87. The van der Waals surface area contributed by atoms with Gasteiger partial charge >= 0.3 is 6.61 Å². The van der Waals surface area contributed by atoms with E-state index < -0.39 is 6.61 Å². The molecule has 0 saturated carbocycles. The molecule has 26 heavy (non-hydrogen) atoms. The number of hydrogen-bond donors (Lipinski definition) is 1. The molecule has 1 N–H and O–H groups in total. The van der Waals surface area contributed by atoms with Gasteiger partial charge in [-0.1, -0.05) is 12.1 Å². The molecule has 8 heteroatoms. The lowest BCUT2D eigenvalue weighted by molar-refractivity contribution is -0.121. The third-order valence-electron chi connectivity index (χ3n) is 3.69. The van der Waals surface area contributed by atoms with Gasteiger partial charge in [0.15, 0.2) is 0 Å². The highest BCUT2D eigenvalue weighted by atomic mass is 19.3. The van der Waals surface area contributed by atoms with Crippen molar-refractivity contribution in [2.75, 3.05) is 0 Å². The van der Waals surface area contributed by atoms with Crippen LogP contribution in [0.15, 0.2) is 60.0 Å². The van der Waals surface area contributed by atoms with Crippen molar-refractivity contribution in [3.8, 4) is 5.75 Å². The third-order valence-corrected chi connectivity index (χ3v) is 3.69. The molecule has 0 aliphatic rings. The molecule has 2 aromatic carbocycles. The highest BCUT2D eigenvalue weighted by Gasteiger charge is 2.07. The summed E-state index contributed by atoms with van der Waals surface area (Å²) in [6, 6.07) is 13.5. The van der Waals surface area contributed by atoms with Gasteiger partial charge in [0.05, 0.1) is 23.1 Å². The van der Waals surface area contributed by atoms with E-state index in [0.29, 0.717) is 11.3 Å². The second-order valence-electron chi connectivity index (χ2n) is 5.50. The maximum Gasteiger partial charge on any atom is 0.387 e. The molecule has 0 unspecified atom stereocenters. The van der Waals surface area contributed by atoms with Crippen LogP contribution in [-0.4, -0.2) is 27.8 Å². The highest BCUT2D eigenvalue weighted by Crippen LogP contribution is 2.15. The van der Waals surface area contributed by atoms with Crippen molar-refractivity contribution in [2.45, 2.75) is 20.1 Å². The van der Waals surface area contributed by atoms with Gasteiger partial charge in [-0.25, -0.2) is 10.4 Å². The number of carbonyl (C=O) groups excluding carboxylic acids is 1. The summed E-state index contributed by atoms with van der Waals surface area (Å²) >= 11 is 0. The fraction of sp³-hybridized carbons (Fsp3) is 0.167. The van der Waals surface area contributed by atoms with Crippen LogP contribution in [0.25, 0.3) is 11.0 Å². The predicted octanol–water partition coefficient (Wildman–Crippen LogP) is 3.18. The van der Waals surface area contributed by atoms with Crippen LogP contribution < -0.4 is 10.2 Å². The van der Waals surface area contributed by atoms with Crippen molar-refractivity contribution in [1.82, 2.24) is 15.0 Å². The quantitative estimate of drug-likeness (QED) is 0.544. The topological polar surface area (TPSA) is 68.5 Å². The molecule has 1 heterocycles. The number of nitrogens with one attached hydrogen (secondary N) is 1. The molecule has 0 spiro atoms. The lowest BCUT2D eigenvalue weighted by atomic mass is 10.1. The fourth-order valence-corrected chi connectivity index (χ4v) is 2.41. The minimum Gasteiger partial charge on any atom is -0.435 e. The van der Waals surface area contributed by atoms with E-state index in [9.17, 15) is 13.6 Å². The molecular weight excluding hydrogens is 342 g/mol. The zero-order valence-corrected chi connectivity index (χ0v) is 13.9. The molecule has 0 atom stereocenters. The van der Waals surface area contributed by atoms with Crippen LogP contribution in [0.4, 0.5) is 8.78 Å². The maximum absolute atomic E-state index is 12.1. The van der Waals surface area contributed by atoms with Crippen LogP contribution >= 0.6 is 0 Å². The molecule has 3 aromatic rings. The Labute approximate surface area is 148 Å². The fourth-order valence-electron chi connectivity index (χ4n) is 2.41. The summed E-state index contributed by atoms with van der Waals surface area (Å²) in [5.41, 5.74) is 5.37. The van der Waals surface area contributed by atoms with Crippen molar-refractivity contribution in [3.63, 3.8) is 0 Å². The van der Waals surface area contributed by atoms with Gasteiger partial charge in [-0.15, -0.1) is 0 Å². The number of fused-ring (bicyclic) bond motifs is 1. The average molecular weight is 358 g/mol. The third kappa shape index (κ3) is 4.21. The molecule has 0 radical (unpaired) electrons. The number of imidazole rings is 1. The van der Waals surface area contributed by atoms with Crippen molar-refractivity contribution in [1.29, 1.82) is 0 Å². The Balaban J connectivity index is 1.62. The van der Waals surface area contributed by atoms with Crippen LogP contribution in [0.5, 0.6) is 5.75 Å². The molecule has 0 aliphatic heterocycles. The highest BCUT2D eigenvalue weighted by molar-refractivity contribution is 5.99. The number of hydrogen-bond acceptors (Lipinski definition) is 4. The van der Waals surface area contributed by atoms with Crippen LogP contribution in [-0.2, 0) is 11.3 Å². The van der Waals surface area contributed by atoms with E-state index in [1.54, 1.807) is 30.0 Å². The Morgan fingerprint density at radius 2 is 1.96 bits per heavy atom. The number of nitrogens with zero attached hydrogens (tertiary/aromatic N) is 3. The zero-order valence-electron chi connectivity index (χ0n) is 13.9. The molecular formula is C18H16F2N4O2. The summed E-state index contributed by atoms with van der Waals surface area (Å²) in [4.78, 5) is 16.3. The maximum atomic E-state index is 12.1. The molecule has 1 amide bonds. The predicted molar refractivity (Wildman–Crippen MR) is 93.2 cm³/mol. The normalized spacial score (nSPS) is 11.8. The standard InChI is InChI=1S/C18H16F2N4O2/c1-12(13-6-8-14(9-7-13)26-18(19)20)22-23-17(25)10-24-11-21-15-4-2-3-5-16(15)24/h2-9,11,18H,10H2,1H3,(H,23,25)/b22-12+. The number of para-hydroxylation sites is 2. The van der Waals surface area contributed by atoms with E-state index in [-0.39, 0.29) is 18.2 Å². The van der Waals surface area contributed by atoms with Gasteiger partial charge in [-0.3, -0.25) is 4.79 Å². The zero-order chi connectivity index (χ0) is 18.5. The number of carbonyl (C=O) groups is 1. The Kier molecular flexibility index (Phi) is 5.21. The second kappa shape index (κ2) is 7.73. The number of benzene rings is 2. The van der Waals surface area contributed by atoms with Gasteiger partial charge in [0, 0.05) is 0 Å². The first-order valence-electron chi connectivity index (χ1n) is 7.81. The lowest BCUT2D eigenvalue weighted by Crippen LogP contribution is -2.24. The first kappa shape index (κ1) is 17.5. The number of aromatic nitrogens is 2. The molecule has 0 bridgehead atoms. The first-order chi connectivity index (χ1) is 12.5. The molecule has 0 fully saturated rings. The SMILES string of the molecule is C/C(=N\NC(=O)Cn1cnc2ccccc21)c1ccc(OC(F)F)cc1. The van der Waals surface area contributed by atoms with E-state index in [1.165, 1.54) is 12.1 Å². The van der Waals surface area contributed by atoms with E-state index in [2.05, 4.69) is 20.2 Å². The first-order valence-corrected chi connectivity index (χ1v) is 7.81. The van der Waals surface area contributed by atoms with Crippen LogP contribution in [0.3, 0.4) is 0 Å². The van der Waals surface area contributed by atoms with Crippen molar-refractivity contribution in [2.24, 2.45) is 5.10 Å². The largest absolute Gasteiger partial charge is 0.435 e. The average Bonchev–Trinajstić information content (AvgIpc) is 3.03. The van der Waals surface area contributed by atoms with Gasteiger partial charge in [-0.2, -0.15) is 13.9 Å². The Hall–Kier alpha value is -3.29. The monoisotopic (exact) mass is 358 g/mol. The Bertz CT molecular complexity index is 936. The summed E-state index contributed by atoms with van der Waals surface area (Å²) in [5, 5.41) is 4.04. The van der Waals surface area contributed by atoms with Crippen LogP contribution in [0.1, 0.15) is 12.5 Å². The van der Waals surface area contributed by atoms with E-state index in [1.807, 2.05) is 24.3 Å². The summed E-state index contributed by atoms with van der Waals surface area (Å²) < 4.78 is 30.3. The van der Waals surface area contributed by atoms with Gasteiger partial charge < -0.3 is 9.30 Å². The van der Waals surface area contributed by atoms with Gasteiger partial charge in [0.1, 0.15) is 12.3 Å².